The van der Waals surface area contributed by atoms with E-state index in [2.05, 4.69) is 0 Å². The van der Waals surface area contributed by atoms with Gasteiger partial charge < -0.3 is 5.21 Å². The Kier molecular flexibility index (Phi) is 2.63. The van der Waals surface area contributed by atoms with Gasteiger partial charge in [0.15, 0.2) is 6.20 Å². The molecule has 4 heteroatoms. The number of hydrogen-bond donors (Lipinski definition) is 0. The van der Waals surface area contributed by atoms with Crippen molar-refractivity contribution in [3.8, 4) is 11.1 Å². The molecule has 19 heavy (non-hydrogen) atoms. The normalized spacial score (nSPS) is 10.8. The summed E-state index contributed by atoms with van der Waals surface area (Å²) in [6.45, 7) is 0. The zero-order valence-corrected chi connectivity index (χ0v) is 9.81. The molecule has 0 N–H and O–H groups in total. The van der Waals surface area contributed by atoms with E-state index in [4.69, 9.17) is 0 Å². The van der Waals surface area contributed by atoms with Crippen molar-refractivity contribution in [2.45, 2.75) is 0 Å². The molecular formula is C15H9F2NO. The summed E-state index contributed by atoms with van der Waals surface area (Å²) in [4.78, 5) is 0. The first-order valence-electron chi connectivity index (χ1n) is 5.73. The third-order valence-electron chi connectivity index (χ3n) is 3.03. The maximum absolute atomic E-state index is 13.8. The van der Waals surface area contributed by atoms with Crippen LogP contribution in [0.25, 0.3) is 22.0 Å². The molecule has 0 aliphatic heterocycles. The second-order valence-corrected chi connectivity index (χ2v) is 4.20. The molecule has 0 spiro atoms. The van der Waals surface area contributed by atoms with E-state index in [-0.39, 0.29) is 5.56 Å². The summed E-state index contributed by atoms with van der Waals surface area (Å²) < 4.78 is 27.5. The monoisotopic (exact) mass is 257 g/mol. The molecule has 0 saturated carbocycles. The third kappa shape index (κ3) is 1.91. The molecule has 0 aliphatic rings. The van der Waals surface area contributed by atoms with E-state index in [1.807, 2.05) is 0 Å². The number of pyridine rings is 1. The Balaban J connectivity index is 2.34. The van der Waals surface area contributed by atoms with Gasteiger partial charge in [0.25, 0.3) is 0 Å². The predicted octanol–water partition coefficient (Wildman–Crippen LogP) is 3.42. The van der Waals surface area contributed by atoms with Crippen LogP contribution in [0.4, 0.5) is 8.78 Å². The lowest BCUT2D eigenvalue weighted by Gasteiger charge is -2.08. The minimum atomic E-state index is -0.645. The molecule has 1 heterocycles. The summed E-state index contributed by atoms with van der Waals surface area (Å²) in [6.07, 6.45) is 1.38. The summed E-state index contributed by atoms with van der Waals surface area (Å²) in [7, 11) is 0. The lowest BCUT2D eigenvalue weighted by atomic mass is 10.00. The molecule has 0 saturated heterocycles. The largest absolute Gasteiger partial charge is 0.618 e. The molecule has 0 bridgehead atoms. The first-order chi connectivity index (χ1) is 9.16. The Morgan fingerprint density at radius 1 is 0.895 bits per heavy atom. The molecule has 2 nitrogen and oxygen atoms in total. The minimum Gasteiger partial charge on any atom is -0.618 e. The van der Waals surface area contributed by atoms with Crippen LogP contribution in [0.2, 0.25) is 0 Å². The highest BCUT2D eigenvalue weighted by Gasteiger charge is 2.12. The fourth-order valence-electron chi connectivity index (χ4n) is 2.16. The van der Waals surface area contributed by atoms with Crippen LogP contribution in [0.3, 0.4) is 0 Å². The fourth-order valence-corrected chi connectivity index (χ4v) is 2.16. The first kappa shape index (κ1) is 11.6. The summed E-state index contributed by atoms with van der Waals surface area (Å²) in [5, 5.41) is 12.3. The van der Waals surface area contributed by atoms with E-state index in [9.17, 15) is 14.0 Å². The van der Waals surface area contributed by atoms with Crippen molar-refractivity contribution < 1.29 is 13.5 Å². The highest BCUT2D eigenvalue weighted by atomic mass is 19.1. The van der Waals surface area contributed by atoms with Crippen LogP contribution in [-0.4, -0.2) is 0 Å². The van der Waals surface area contributed by atoms with Crippen LogP contribution in [0, 0.1) is 16.8 Å². The Bertz CT molecular complexity index is 771. The maximum atomic E-state index is 13.8. The fraction of sp³-hybridized carbons (Fsp3) is 0. The average Bonchev–Trinajstić information content (AvgIpc) is 2.39. The Labute approximate surface area is 108 Å². The van der Waals surface area contributed by atoms with Crippen molar-refractivity contribution in [3.63, 3.8) is 0 Å². The van der Waals surface area contributed by atoms with Gasteiger partial charge in [-0.2, -0.15) is 4.73 Å². The number of rotatable bonds is 1. The molecule has 0 unspecified atom stereocenters. The Morgan fingerprint density at radius 3 is 2.53 bits per heavy atom. The number of nitrogens with zero attached hydrogens (tertiary/aromatic N) is 1. The highest BCUT2D eigenvalue weighted by Crippen LogP contribution is 2.29. The van der Waals surface area contributed by atoms with Gasteiger partial charge in [-0.25, -0.2) is 8.78 Å². The zero-order valence-electron chi connectivity index (χ0n) is 9.81. The predicted molar refractivity (Wildman–Crippen MR) is 68.3 cm³/mol. The van der Waals surface area contributed by atoms with Crippen molar-refractivity contribution in [3.05, 3.63) is 71.6 Å². The van der Waals surface area contributed by atoms with Gasteiger partial charge in [-0.15, -0.1) is 0 Å². The molecule has 94 valence electrons. The number of fused-ring (bicyclic) bond motifs is 1. The molecule has 0 radical (unpaired) electrons. The van der Waals surface area contributed by atoms with Crippen LogP contribution in [0.5, 0.6) is 0 Å². The van der Waals surface area contributed by atoms with Gasteiger partial charge in [0, 0.05) is 23.8 Å². The molecule has 3 rings (SSSR count). The van der Waals surface area contributed by atoms with Crippen molar-refractivity contribution in [1.82, 2.24) is 0 Å². The van der Waals surface area contributed by atoms with E-state index in [0.29, 0.717) is 16.5 Å². The molecule has 0 aliphatic carbocycles. The topological polar surface area (TPSA) is 26.9 Å². The number of aromatic nitrogens is 1. The summed E-state index contributed by atoms with van der Waals surface area (Å²) in [5.74, 6) is -1.27. The second-order valence-electron chi connectivity index (χ2n) is 4.20. The molecule has 3 aromatic rings. The molecule has 0 amide bonds. The quantitative estimate of drug-likeness (QED) is 0.484. The van der Waals surface area contributed by atoms with Crippen molar-refractivity contribution in [2.75, 3.05) is 0 Å². The molecule has 0 atom stereocenters. The Hall–Kier alpha value is -2.49. The van der Waals surface area contributed by atoms with E-state index >= 15 is 0 Å². The van der Waals surface area contributed by atoms with Gasteiger partial charge in [-0.3, -0.25) is 0 Å². The summed E-state index contributed by atoms with van der Waals surface area (Å²) >= 11 is 0. The van der Waals surface area contributed by atoms with Crippen molar-refractivity contribution in [2.24, 2.45) is 0 Å². The number of benzene rings is 2. The Morgan fingerprint density at radius 2 is 1.74 bits per heavy atom. The first-order valence-corrected chi connectivity index (χ1v) is 5.73. The lowest BCUT2D eigenvalue weighted by molar-refractivity contribution is -0.577. The average molecular weight is 257 g/mol. The lowest BCUT2D eigenvalue weighted by Crippen LogP contribution is -2.25. The summed E-state index contributed by atoms with van der Waals surface area (Å²) in [6, 6.07) is 11.8. The van der Waals surface area contributed by atoms with Gasteiger partial charge in [0.1, 0.15) is 11.6 Å². The molecule has 2 aromatic carbocycles. The van der Waals surface area contributed by atoms with Crippen molar-refractivity contribution >= 4 is 10.9 Å². The van der Waals surface area contributed by atoms with Crippen LogP contribution in [0.15, 0.2) is 54.7 Å². The smallest absolute Gasteiger partial charge is 0.224 e. The number of halogens is 2. The second kappa shape index (κ2) is 4.31. The van der Waals surface area contributed by atoms with Crippen molar-refractivity contribution in [1.29, 1.82) is 0 Å². The zero-order chi connectivity index (χ0) is 13.4. The van der Waals surface area contributed by atoms with Crippen LogP contribution in [0.1, 0.15) is 0 Å². The number of hydrogen-bond acceptors (Lipinski definition) is 1. The van der Waals surface area contributed by atoms with Gasteiger partial charge in [0.2, 0.25) is 5.52 Å². The van der Waals surface area contributed by atoms with Gasteiger partial charge in [-0.05, 0) is 23.8 Å². The standard InChI is InChI=1S/C15H9F2NO/c16-10-6-7-12(14(17)9-10)11-3-1-5-15-13(11)4-2-8-18(15)19/h1-9H. The molecule has 0 fully saturated rings. The van der Waals surface area contributed by atoms with Crippen LogP contribution in [-0.2, 0) is 0 Å². The highest BCUT2D eigenvalue weighted by molar-refractivity contribution is 5.93. The molecular weight excluding hydrogens is 248 g/mol. The van der Waals surface area contributed by atoms with Crippen LogP contribution >= 0.6 is 0 Å². The van der Waals surface area contributed by atoms with Gasteiger partial charge in [0.05, 0.1) is 5.39 Å². The van der Waals surface area contributed by atoms with Gasteiger partial charge >= 0.3 is 0 Å². The third-order valence-corrected chi connectivity index (χ3v) is 3.03. The van der Waals surface area contributed by atoms with Gasteiger partial charge in [-0.1, -0.05) is 12.1 Å². The van der Waals surface area contributed by atoms with E-state index < -0.39 is 11.6 Å². The summed E-state index contributed by atoms with van der Waals surface area (Å²) in [5.41, 5.74) is 1.29. The minimum absolute atomic E-state index is 0.276. The van der Waals surface area contributed by atoms with Crippen LogP contribution < -0.4 is 4.73 Å². The van der Waals surface area contributed by atoms with E-state index in [1.54, 1.807) is 30.3 Å². The van der Waals surface area contributed by atoms with E-state index in [1.165, 1.54) is 18.3 Å². The maximum Gasteiger partial charge on any atom is 0.224 e. The van der Waals surface area contributed by atoms with E-state index in [0.717, 1.165) is 10.8 Å². The SMILES string of the molecule is [O-][n+]1cccc2c(-c3ccc(F)cc3F)cccc21. The molecule has 1 aromatic heterocycles.